The van der Waals surface area contributed by atoms with Gasteiger partial charge in [0.2, 0.25) is 5.91 Å². The molecule has 1 amide bonds. The van der Waals surface area contributed by atoms with Gasteiger partial charge in [-0.05, 0) is 30.3 Å². The van der Waals surface area contributed by atoms with E-state index in [2.05, 4.69) is 26.6 Å². The molecular formula is C15H10BrF5N2O. The Morgan fingerprint density at radius 2 is 1.79 bits per heavy atom. The number of hydrogen-bond donors (Lipinski definition) is 2. The summed E-state index contributed by atoms with van der Waals surface area (Å²) < 4.78 is 64.4. The van der Waals surface area contributed by atoms with Crippen molar-refractivity contribution in [3.8, 4) is 0 Å². The lowest BCUT2D eigenvalue weighted by Gasteiger charge is -2.13. The van der Waals surface area contributed by atoms with Gasteiger partial charge in [0.15, 0.2) is 0 Å². The number of rotatable bonds is 4. The van der Waals surface area contributed by atoms with Gasteiger partial charge in [-0.3, -0.25) is 4.79 Å². The van der Waals surface area contributed by atoms with Crippen LogP contribution in [0.3, 0.4) is 0 Å². The molecule has 2 aromatic rings. The lowest BCUT2D eigenvalue weighted by molar-refractivity contribution is -0.138. The summed E-state index contributed by atoms with van der Waals surface area (Å²) in [5, 5.41) is 4.70. The van der Waals surface area contributed by atoms with Crippen molar-refractivity contribution in [3.05, 3.63) is 58.1 Å². The molecular weight excluding hydrogens is 399 g/mol. The number of amides is 1. The summed E-state index contributed by atoms with van der Waals surface area (Å²) in [5.41, 5.74) is -1.05. The van der Waals surface area contributed by atoms with Crippen molar-refractivity contribution in [1.29, 1.82) is 0 Å². The van der Waals surface area contributed by atoms with Gasteiger partial charge in [0.1, 0.15) is 11.6 Å². The average molecular weight is 409 g/mol. The Hall–Kier alpha value is -2.16. The SMILES string of the molecule is O=C(CNc1ccc(Br)c(C(F)(F)F)c1)Nc1ccc(F)cc1F. The minimum atomic E-state index is -4.55. The van der Waals surface area contributed by atoms with Crippen LogP contribution in [0, 0.1) is 11.6 Å². The number of halogens is 6. The Morgan fingerprint density at radius 3 is 2.42 bits per heavy atom. The number of nitrogens with one attached hydrogen (secondary N) is 2. The van der Waals surface area contributed by atoms with Crippen molar-refractivity contribution in [2.45, 2.75) is 6.18 Å². The molecule has 3 nitrogen and oxygen atoms in total. The van der Waals surface area contributed by atoms with Crippen molar-refractivity contribution in [1.82, 2.24) is 0 Å². The predicted molar refractivity (Wildman–Crippen MR) is 82.6 cm³/mol. The first-order valence-corrected chi connectivity index (χ1v) is 7.31. The molecule has 0 aliphatic heterocycles. The van der Waals surface area contributed by atoms with Crippen molar-refractivity contribution < 1.29 is 26.7 Å². The van der Waals surface area contributed by atoms with Crippen molar-refractivity contribution in [2.75, 3.05) is 17.2 Å². The highest BCUT2D eigenvalue weighted by Crippen LogP contribution is 2.36. The molecule has 2 N–H and O–H groups in total. The maximum Gasteiger partial charge on any atom is 0.417 e. The average Bonchev–Trinajstić information content (AvgIpc) is 2.48. The van der Waals surface area contributed by atoms with Crippen LogP contribution in [0.4, 0.5) is 33.3 Å². The highest BCUT2D eigenvalue weighted by Gasteiger charge is 2.33. The molecule has 0 radical (unpaired) electrons. The fourth-order valence-corrected chi connectivity index (χ4v) is 2.29. The summed E-state index contributed by atoms with van der Waals surface area (Å²) in [6, 6.07) is 6.01. The molecule has 2 rings (SSSR count). The molecule has 9 heteroatoms. The standard InChI is InChI=1S/C15H10BrF5N2O/c16-11-3-2-9(6-10(11)15(19,20)21)22-7-14(24)23-13-4-1-8(17)5-12(13)18/h1-6,22H,7H2,(H,23,24). The van der Waals surface area contributed by atoms with E-state index >= 15 is 0 Å². The maximum absolute atomic E-state index is 13.4. The van der Waals surface area contributed by atoms with Crippen LogP contribution in [0.2, 0.25) is 0 Å². The van der Waals surface area contributed by atoms with Gasteiger partial charge in [-0.15, -0.1) is 0 Å². The van der Waals surface area contributed by atoms with E-state index < -0.39 is 35.8 Å². The van der Waals surface area contributed by atoms with E-state index in [1.807, 2.05) is 0 Å². The highest BCUT2D eigenvalue weighted by molar-refractivity contribution is 9.10. The number of carbonyl (C=O) groups excluding carboxylic acids is 1. The molecule has 0 spiro atoms. The van der Waals surface area contributed by atoms with Crippen LogP contribution >= 0.6 is 15.9 Å². The van der Waals surface area contributed by atoms with Crippen LogP contribution in [0.1, 0.15) is 5.56 Å². The van der Waals surface area contributed by atoms with Crippen molar-refractivity contribution >= 4 is 33.2 Å². The summed E-state index contributed by atoms with van der Waals surface area (Å²) in [7, 11) is 0. The van der Waals surface area contributed by atoms with E-state index in [9.17, 15) is 26.7 Å². The van der Waals surface area contributed by atoms with Gasteiger partial charge in [-0.1, -0.05) is 15.9 Å². The van der Waals surface area contributed by atoms with Gasteiger partial charge in [-0.25, -0.2) is 8.78 Å². The van der Waals surface area contributed by atoms with Crippen molar-refractivity contribution in [2.24, 2.45) is 0 Å². The summed E-state index contributed by atoms with van der Waals surface area (Å²) in [6.07, 6.45) is -4.55. The third-order valence-corrected chi connectivity index (χ3v) is 3.62. The van der Waals surface area contributed by atoms with E-state index in [0.717, 1.165) is 18.2 Å². The zero-order valence-electron chi connectivity index (χ0n) is 11.8. The number of anilines is 2. The van der Waals surface area contributed by atoms with Crippen LogP contribution in [0.25, 0.3) is 0 Å². The Balaban J connectivity index is 2.01. The maximum atomic E-state index is 13.4. The molecule has 0 aliphatic carbocycles. The van der Waals surface area contributed by atoms with Crippen LogP contribution < -0.4 is 10.6 Å². The number of alkyl halides is 3. The first-order chi connectivity index (χ1) is 11.2. The summed E-state index contributed by atoms with van der Waals surface area (Å²) >= 11 is 2.80. The summed E-state index contributed by atoms with van der Waals surface area (Å²) in [6.45, 7) is -0.393. The molecule has 0 unspecified atom stereocenters. The van der Waals surface area contributed by atoms with E-state index in [1.165, 1.54) is 12.1 Å². The van der Waals surface area contributed by atoms with Crippen LogP contribution in [-0.2, 0) is 11.0 Å². The predicted octanol–water partition coefficient (Wildman–Crippen LogP) is 4.80. The van der Waals surface area contributed by atoms with E-state index in [1.54, 1.807) is 0 Å². The van der Waals surface area contributed by atoms with Gasteiger partial charge >= 0.3 is 6.18 Å². The molecule has 0 aromatic heterocycles. The molecule has 128 valence electrons. The molecule has 0 atom stereocenters. The first-order valence-electron chi connectivity index (χ1n) is 6.52. The largest absolute Gasteiger partial charge is 0.417 e. The monoisotopic (exact) mass is 408 g/mol. The summed E-state index contributed by atoms with van der Waals surface area (Å²) in [5.74, 6) is -2.44. The molecule has 0 heterocycles. The Kier molecular flexibility index (Phi) is 5.43. The molecule has 24 heavy (non-hydrogen) atoms. The Morgan fingerprint density at radius 1 is 1.08 bits per heavy atom. The lowest BCUT2D eigenvalue weighted by atomic mass is 10.2. The fourth-order valence-electron chi connectivity index (χ4n) is 1.82. The second-order valence-electron chi connectivity index (χ2n) is 4.72. The molecule has 0 aliphatic rings. The molecule has 0 fully saturated rings. The second-order valence-corrected chi connectivity index (χ2v) is 5.57. The zero-order chi connectivity index (χ0) is 17.9. The molecule has 0 saturated carbocycles. The van der Waals surface area contributed by atoms with Gasteiger partial charge in [0.25, 0.3) is 0 Å². The van der Waals surface area contributed by atoms with Crippen LogP contribution in [0.15, 0.2) is 40.9 Å². The number of hydrogen-bond acceptors (Lipinski definition) is 2. The van der Waals surface area contributed by atoms with Gasteiger partial charge in [0, 0.05) is 16.2 Å². The minimum absolute atomic E-state index is 0.0697. The third-order valence-electron chi connectivity index (χ3n) is 2.93. The molecule has 0 saturated heterocycles. The fraction of sp³-hybridized carbons (Fsp3) is 0.133. The van der Waals surface area contributed by atoms with E-state index in [4.69, 9.17) is 0 Å². The van der Waals surface area contributed by atoms with E-state index in [0.29, 0.717) is 6.07 Å². The zero-order valence-corrected chi connectivity index (χ0v) is 13.4. The molecule has 0 bridgehead atoms. The number of benzene rings is 2. The Bertz CT molecular complexity index is 764. The second kappa shape index (κ2) is 7.16. The van der Waals surface area contributed by atoms with Gasteiger partial charge in [-0.2, -0.15) is 13.2 Å². The normalized spacial score (nSPS) is 11.2. The van der Waals surface area contributed by atoms with Gasteiger partial charge in [0.05, 0.1) is 17.8 Å². The van der Waals surface area contributed by atoms with E-state index in [-0.39, 0.29) is 15.8 Å². The summed E-state index contributed by atoms with van der Waals surface area (Å²) in [4.78, 5) is 11.7. The van der Waals surface area contributed by atoms with Crippen molar-refractivity contribution in [3.63, 3.8) is 0 Å². The quantitative estimate of drug-likeness (QED) is 0.713. The number of carbonyl (C=O) groups is 1. The lowest BCUT2D eigenvalue weighted by Crippen LogP contribution is -2.22. The topological polar surface area (TPSA) is 41.1 Å². The Labute approximate surface area is 142 Å². The smallest absolute Gasteiger partial charge is 0.376 e. The third kappa shape index (κ3) is 4.67. The minimum Gasteiger partial charge on any atom is -0.376 e. The highest BCUT2D eigenvalue weighted by atomic mass is 79.9. The van der Waals surface area contributed by atoms with Crippen LogP contribution in [0.5, 0.6) is 0 Å². The first kappa shape index (κ1) is 18.2. The van der Waals surface area contributed by atoms with Gasteiger partial charge < -0.3 is 10.6 Å². The van der Waals surface area contributed by atoms with Crippen LogP contribution in [-0.4, -0.2) is 12.5 Å². The molecule has 2 aromatic carbocycles.